The Bertz CT molecular complexity index is 6150. The third kappa shape index (κ3) is 15.1. The molecule has 18 aromatic rings. The van der Waals surface area contributed by atoms with Crippen LogP contribution in [0.3, 0.4) is 0 Å². The van der Waals surface area contributed by atoms with Crippen LogP contribution < -0.4 is 5.46 Å². The normalized spacial score (nSPS) is 12.8. The number of thiophene rings is 2. The van der Waals surface area contributed by atoms with Crippen molar-refractivity contribution in [2.24, 2.45) is 0 Å². The van der Waals surface area contributed by atoms with Gasteiger partial charge in [0.15, 0.2) is 34.9 Å². The molecule has 14 aromatic carbocycles. The van der Waals surface area contributed by atoms with Gasteiger partial charge >= 0.3 is 7.12 Å². The molecule has 12 heteroatoms. The second-order valence-electron chi connectivity index (χ2n) is 27.7. The number of hydrogen-bond donors (Lipinski definition) is 0. The minimum atomic E-state index is -0.408. The van der Waals surface area contributed by atoms with Gasteiger partial charge in [0.05, 0.1) is 11.2 Å². The first-order valence-corrected chi connectivity index (χ1v) is 38.5. The fourth-order valence-corrected chi connectivity index (χ4v) is 16.6. The maximum absolute atomic E-state index is 6.45. The van der Waals surface area contributed by atoms with Gasteiger partial charge in [-0.1, -0.05) is 321 Å². The molecule has 109 heavy (non-hydrogen) atoms. The molecule has 4 aromatic heterocycles. The summed E-state index contributed by atoms with van der Waals surface area (Å²) in [4.78, 5) is 29.0. The summed E-state index contributed by atoms with van der Waals surface area (Å²) < 4.78 is 19.1. The van der Waals surface area contributed by atoms with Crippen LogP contribution in [0.5, 0.6) is 0 Å². The van der Waals surface area contributed by atoms with E-state index in [1.807, 2.05) is 168 Å². The lowest BCUT2D eigenvalue weighted by atomic mass is 9.76. The van der Waals surface area contributed by atoms with E-state index in [2.05, 4.69) is 255 Å². The van der Waals surface area contributed by atoms with Crippen LogP contribution in [0.2, 0.25) is 0 Å². The van der Waals surface area contributed by atoms with Crippen molar-refractivity contribution in [3.8, 4) is 124 Å². The standard InChI is InChI=1S/C45H29N3S.C30H27BO2S.C21H14BrN3.CH4/c1-4-14-30(15-5-1)35-27-36(29-37(28-35)38-23-13-24-40-39-22-10-11-25-41(39)49-42(38)40)33-20-12-21-34(26-33)45-47-43(31-16-6-2-7-17-31)46-44(48-45)32-18-8-3-9-19-32;1-29(2)30(3,4)33-31(32-29)23-18-21(20-11-6-5-7-12-20)17-22(19-23)24-14-10-15-26-25-13-8-9-16-27(25)34-28(24)26;22-18-13-7-12-17(14-18)21-24-19(15-8-3-1-4-9-15)23-20(25-21)16-10-5-2-6-11-16;/h1-29H;5-19H,1-4H3;1-14H;1H4. The van der Waals surface area contributed by atoms with Gasteiger partial charge in [-0.15, -0.1) is 22.7 Å². The van der Waals surface area contributed by atoms with Crippen LogP contribution in [-0.4, -0.2) is 48.2 Å². The molecule has 0 radical (unpaired) electrons. The highest BCUT2D eigenvalue weighted by Gasteiger charge is 2.52. The Balaban J connectivity index is 0.000000132. The Morgan fingerprint density at radius 1 is 0.257 bits per heavy atom. The summed E-state index contributed by atoms with van der Waals surface area (Å²) in [6.07, 6.45) is 0. The van der Waals surface area contributed by atoms with Gasteiger partial charge < -0.3 is 9.31 Å². The van der Waals surface area contributed by atoms with E-state index in [0.717, 1.165) is 54.4 Å². The van der Waals surface area contributed by atoms with Gasteiger partial charge in [0.1, 0.15) is 0 Å². The summed E-state index contributed by atoms with van der Waals surface area (Å²) in [5.74, 6) is 3.95. The molecule has 8 nitrogen and oxygen atoms in total. The molecule has 1 aliphatic heterocycles. The van der Waals surface area contributed by atoms with Gasteiger partial charge in [0, 0.05) is 78.2 Å². The smallest absolute Gasteiger partial charge is 0.399 e. The van der Waals surface area contributed by atoms with Gasteiger partial charge in [0.2, 0.25) is 0 Å². The van der Waals surface area contributed by atoms with Crippen molar-refractivity contribution in [1.82, 2.24) is 29.9 Å². The van der Waals surface area contributed by atoms with Gasteiger partial charge in [-0.05, 0) is 143 Å². The highest BCUT2D eigenvalue weighted by molar-refractivity contribution is 9.10. The Kier molecular flexibility index (Phi) is 20.3. The zero-order chi connectivity index (χ0) is 73.1. The summed E-state index contributed by atoms with van der Waals surface area (Å²) in [7, 11) is -0.408. The zero-order valence-corrected chi connectivity index (χ0v) is 63.0. The topological polar surface area (TPSA) is 95.8 Å². The predicted molar refractivity (Wildman–Crippen MR) is 462 cm³/mol. The minimum Gasteiger partial charge on any atom is -0.399 e. The van der Waals surface area contributed by atoms with E-state index in [0.29, 0.717) is 34.9 Å². The number of aromatic nitrogens is 6. The van der Waals surface area contributed by atoms with Crippen molar-refractivity contribution in [3.63, 3.8) is 0 Å². The number of rotatable bonds is 12. The molecule has 19 rings (SSSR count). The maximum Gasteiger partial charge on any atom is 0.494 e. The Morgan fingerprint density at radius 2 is 0.532 bits per heavy atom. The average molecular weight is 1510 g/mol. The SMILES string of the molecule is Brc1cccc(-c2nc(-c3ccccc3)nc(-c3ccccc3)n2)c1.C.CC1(C)OB(c2cc(-c3ccccc3)cc(-c3cccc4c3sc3ccccc34)c2)OC1(C)C.c1ccc(-c2cc(-c3cccc(-c4nc(-c5ccccc5)nc(-c5ccccc5)n4)c3)cc(-c3cccc4c3sc3ccccc34)c2)cc1. The molecule has 0 unspecified atom stereocenters. The predicted octanol–water partition coefficient (Wildman–Crippen LogP) is 26.2. The van der Waals surface area contributed by atoms with Crippen LogP contribution in [0.1, 0.15) is 35.1 Å². The third-order valence-corrected chi connectivity index (χ3v) is 22.9. The van der Waals surface area contributed by atoms with Crippen LogP contribution in [0, 0.1) is 0 Å². The van der Waals surface area contributed by atoms with Crippen LogP contribution in [-0.2, 0) is 9.31 Å². The molecule has 526 valence electrons. The molecule has 0 N–H and O–H groups in total. The summed E-state index contributed by atoms with van der Waals surface area (Å²) in [6.45, 7) is 8.42. The molecule has 1 fully saturated rings. The molecular weight excluding hydrogens is 1440 g/mol. The van der Waals surface area contributed by atoms with Gasteiger partial charge in [-0.25, -0.2) is 29.9 Å². The highest BCUT2D eigenvalue weighted by atomic mass is 79.9. The van der Waals surface area contributed by atoms with E-state index in [-0.39, 0.29) is 18.6 Å². The number of nitrogens with zero attached hydrogens (tertiary/aromatic N) is 6. The molecule has 1 aliphatic rings. The van der Waals surface area contributed by atoms with Crippen LogP contribution >= 0.6 is 38.6 Å². The first kappa shape index (κ1) is 71.3. The molecule has 0 aliphatic carbocycles. The van der Waals surface area contributed by atoms with Crippen LogP contribution in [0.15, 0.2) is 356 Å². The number of halogens is 1. The molecule has 5 heterocycles. The van der Waals surface area contributed by atoms with E-state index in [1.165, 1.54) is 84.9 Å². The van der Waals surface area contributed by atoms with E-state index in [1.54, 1.807) is 0 Å². The monoisotopic (exact) mass is 1510 g/mol. The molecule has 0 saturated carbocycles. The fourth-order valence-electron chi connectivity index (χ4n) is 13.8. The maximum atomic E-state index is 6.45. The highest BCUT2D eigenvalue weighted by Crippen LogP contribution is 2.45. The second-order valence-corrected chi connectivity index (χ2v) is 30.7. The third-order valence-electron chi connectivity index (χ3n) is 20.0. The van der Waals surface area contributed by atoms with Crippen molar-refractivity contribution in [1.29, 1.82) is 0 Å². The average Bonchev–Trinajstić information content (AvgIpc) is 1.69. The molecular formula is C97H74BBrN6O2S2. The molecule has 0 atom stereocenters. The van der Waals surface area contributed by atoms with E-state index in [9.17, 15) is 0 Å². The lowest BCUT2D eigenvalue weighted by molar-refractivity contribution is 0.00578. The van der Waals surface area contributed by atoms with Crippen molar-refractivity contribution in [2.75, 3.05) is 0 Å². The Labute approximate surface area is 652 Å². The number of fused-ring (bicyclic) bond motifs is 6. The quantitative estimate of drug-likeness (QED) is 0.112. The Morgan fingerprint density at radius 3 is 0.945 bits per heavy atom. The summed E-state index contributed by atoms with van der Waals surface area (Å²) in [5.41, 5.74) is 17.8. The van der Waals surface area contributed by atoms with Crippen LogP contribution in [0.25, 0.3) is 164 Å². The van der Waals surface area contributed by atoms with Gasteiger partial charge in [-0.3, -0.25) is 0 Å². The van der Waals surface area contributed by atoms with Crippen molar-refractivity contribution in [3.05, 3.63) is 356 Å². The van der Waals surface area contributed by atoms with Gasteiger partial charge in [-0.2, -0.15) is 0 Å². The number of benzene rings is 14. The lowest BCUT2D eigenvalue weighted by Crippen LogP contribution is -2.41. The van der Waals surface area contributed by atoms with E-state index in [4.69, 9.17) is 34.2 Å². The van der Waals surface area contributed by atoms with E-state index < -0.39 is 7.12 Å². The molecule has 1 saturated heterocycles. The first-order valence-electron chi connectivity index (χ1n) is 36.1. The summed E-state index contributed by atoms with van der Waals surface area (Å²) in [6, 6.07) is 122. The largest absolute Gasteiger partial charge is 0.494 e. The molecule has 0 bridgehead atoms. The lowest BCUT2D eigenvalue weighted by Gasteiger charge is -2.32. The number of hydrogen-bond acceptors (Lipinski definition) is 10. The minimum absolute atomic E-state index is 0. The first-order chi connectivity index (χ1) is 52.9. The van der Waals surface area contributed by atoms with Gasteiger partial charge in [0.25, 0.3) is 0 Å². The van der Waals surface area contributed by atoms with Crippen molar-refractivity contribution >= 4 is 91.5 Å². The fraction of sp³-hybridized carbons (Fsp3) is 0.0722. The van der Waals surface area contributed by atoms with Crippen LogP contribution in [0.4, 0.5) is 0 Å². The summed E-state index contributed by atoms with van der Waals surface area (Å²) in [5, 5.41) is 5.22. The molecule has 0 spiro atoms. The zero-order valence-electron chi connectivity index (χ0n) is 59.8. The van der Waals surface area contributed by atoms with Crippen molar-refractivity contribution in [2.45, 2.75) is 46.3 Å². The second kappa shape index (κ2) is 31.1. The molecule has 0 amide bonds. The summed E-state index contributed by atoms with van der Waals surface area (Å²) >= 11 is 7.24. The Hall–Kier alpha value is -12.0. The van der Waals surface area contributed by atoms with Crippen molar-refractivity contribution < 1.29 is 9.31 Å². The van der Waals surface area contributed by atoms with E-state index >= 15 is 0 Å².